The summed E-state index contributed by atoms with van der Waals surface area (Å²) in [6.45, 7) is 1.00. The monoisotopic (exact) mass is 346 g/mol. The highest BCUT2D eigenvalue weighted by molar-refractivity contribution is 9.11. The minimum Gasteiger partial charge on any atom is -0.347 e. The van der Waals surface area contributed by atoms with Gasteiger partial charge in [-0.2, -0.15) is 0 Å². The molecule has 0 radical (unpaired) electrons. The third-order valence-corrected chi connectivity index (χ3v) is 4.10. The standard InChI is InChI=1S/C12H19BrN4OS/c1-14-12(15-7-11(18)16(2)3)17(4)8-9-5-6-10(13)19-9/h5-6H,7-8H2,1-4H3,(H,14,15). The molecule has 106 valence electrons. The Morgan fingerprint density at radius 2 is 2.11 bits per heavy atom. The zero-order valence-electron chi connectivity index (χ0n) is 11.6. The van der Waals surface area contributed by atoms with Crippen molar-refractivity contribution in [3.63, 3.8) is 0 Å². The van der Waals surface area contributed by atoms with Crippen molar-refractivity contribution in [2.75, 3.05) is 34.7 Å². The van der Waals surface area contributed by atoms with Crippen LogP contribution >= 0.6 is 27.3 Å². The first-order valence-electron chi connectivity index (χ1n) is 5.80. The summed E-state index contributed by atoms with van der Waals surface area (Å²) in [4.78, 5) is 20.5. The number of nitrogens with zero attached hydrogens (tertiary/aromatic N) is 3. The molecule has 0 saturated carbocycles. The lowest BCUT2D eigenvalue weighted by Crippen LogP contribution is -2.43. The van der Waals surface area contributed by atoms with Crippen LogP contribution in [0.5, 0.6) is 0 Å². The van der Waals surface area contributed by atoms with Gasteiger partial charge in [-0.15, -0.1) is 11.3 Å². The highest BCUT2D eigenvalue weighted by Crippen LogP contribution is 2.22. The van der Waals surface area contributed by atoms with Gasteiger partial charge in [0.05, 0.1) is 16.9 Å². The van der Waals surface area contributed by atoms with Crippen LogP contribution in [0.15, 0.2) is 20.9 Å². The number of nitrogens with one attached hydrogen (secondary N) is 1. The normalized spacial score (nSPS) is 11.3. The summed E-state index contributed by atoms with van der Waals surface area (Å²) in [5.74, 6) is 0.730. The van der Waals surface area contributed by atoms with E-state index in [1.807, 2.05) is 18.0 Å². The van der Waals surface area contributed by atoms with Crippen molar-refractivity contribution in [2.24, 2.45) is 4.99 Å². The van der Waals surface area contributed by atoms with Crippen LogP contribution in [-0.4, -0.2) is 56.4 Å². The molecule has 0 spiro atoms. The molecule has 0 atom stereocenters. The van der Waals surface area contributed by atoms with Crippen molar-refractivity contribution in [2.45, 2.75) is 6.54 Å². The first kappa shape index (κ1) is 16.0. The van der Waals surface area contributed by atoms with Gasteiger partial charge in [0.25, 0.3) is 0 Å². The van der Waals surface area contributed by atoms with Crippen molar-refractivity contribution in [3.8, 4) is 0 Å². The molecule has 1 N–H and O–H groups in total. The fourth-order valence-electron chi connectivity index (χ4n) is 1.44. The van der Waals surface area contributed by atoms with Gasteiger partial charge in [0, 0.05) is 33.1 Å². The summed E-state index contributed by atoms with van der Waals surface area (Å²) >= 11 is 5.14. The molecule has 0 aromatic carbocycles. The van der Waals surface area contributed by atoms with E-state index >= 15 is 0 Å². The maximum atomic E-state index is 11.5. The van der Waals surface area contributed by atoms with E-state index in [4.69, 9.17) is 0 Å². The van der Waals surface area contributed by atoms with Gasteiger partial charge >= 0.3 is 0 Å². The van der Waals surface area contributed by atoms with Gasteiger partial charge in [-0.1, -0.05) is 0 Å². The summed E-state index contributed by atoms with van der Waals surface area (Å²) in [7, 11) is 7.13. The third kappa shape index (κ3) is 5.20. The number of likely N-dealkylation sites (N-methyl/N-ethyl adjacent to an activating group) is 1. The van der Waals surface area contributed by atoms with Gasteiger partial charge in [-0.3, -0.25) is 9.79 Å². The van der Waals surface area contributed by atoms with Crippen molar-refractivity contribution < 1.29 is 4.79 Å². The molecule has 0 aliphatic rings. The Hall–Kier alpha value is -1.08. The van der Waals surface area contributed by atoms with Gasteiger partial charge in [0.1, 0.15) is 0 Å². The Balaban J connectivity index is 2.53. The molecule has 0 saturated heterocycles. The van der Waals surface area contributed by atoms with E-state index < -0.39 is 0 Å². The molecule has 1 aromatic heterocycles. The molecule has 1 amide bonds. The van der Waals surface area contributed by atoms with E-state index in [2.05, 4.69) is 32.3 Å². The average Bonchev–Trinajstić information content (AvgIpc) is 2.75. The fourth-order valence-corrected chi connectivity index (χ4v) is 2.98. The molecule has 7 heteroatoms. The molecule has 19 heavy (non-hydrogen) atoms. The fraction of sp³-hybridized carbons (Fsp3) is 0.500. The summed E-state index contributed by atoms with van der Waals surface area (Å²) in [6.07, 6.45) is 0. The van der Waals surface area contributed by atoms with Crippen LogP contribution in [0.3, 0.4) is 0 Å². The molecule has 0 aliphatic carbocycles. The second-order valence-corrected chi connectivity index (χ2v) is 6.80. The third-order valence-electron chi connectivity index (χ3n) is 2.49. The number of carbonyl (C=O) groups is 1. The van der Waals surface area contributed by atoms with Gasteiger partial charge in [-0.25, -0.2) is 0 Å². The molecular weight excluding hydrogens is 328 g/mol. The number of rotatable bonds is 4. The maximum Gasteiger partial charge on any atom is 0.241 e. The zero-order valence-corrected chi connectivity index (χ0v) is 14.0. The lowest BCUT2D eigenvalue weighted by atomic mass is 10.4. The zero-order chi connectivity index (χ0) is 14.4. The Morgan fingerprint density at radius 3 is 2.58 bits per heavy atom. The molecule has 1 rings (SSSR count). The van der Waals surface area contributed by atoms with Crippen molar-refractivity contribution >= 4 is 39.1 Å². The molecular formula is C12H19BrN4OS. The average molecular weight is 347 g/mol. The highest BCUT2D eigenvalue weighted by atomic mass is 79.9. The van der Waals surface area contributed by atoms with Gasteiger partial charge < -0.3 is 15.1 Å². The molecule has 1 aromatic rings. The van der Waals surface area contributed by atoms with Crippen molar-refractivity contribution in [3.05, 3.63) is 20.8 Å². The van der Waals surface area contributed by atoms with Crippen LogP contribution in [0.1, 0.15) is 4.88 Å². The Morgan fingerprint density at radius 1 is 1.42 bits per heavy atom. The summed E-state index contributed by atoms with van der Waals surface area (Å²) in [6, 6.07) is 4.10. The second kappa shape index (κ2) is 7.49. The number of guanidine groups is 1. The predicted molar refractivity (Wildman–Crippen MR) is 83.5 cm³/mol. The topological polar surface area (TPSA) is 47.9 Å². The maximum absolute atomic E-state index is 11.5. The smallest absolute Gasteiger partial charge is 0.241 e. The first-order chi connectivity index (χ1) is 8.93. The number of hydrogen-bond acceptors (Lipinski definition) is 3. The van der Waals surface area contributed by atoms with E-state index in [0.717, 1.165) is 10.3 Å². The SMILES string of the molecule is CN=C(NCC(=O)N(C)C)N(C)Cc1ccc(Br)s1. The van der Waals surface area contributed by atoms with E-state index in [0.29, 0.717) is 5.96 Å². The van der Waals surface area contributed by atoms with Crippen molar-refractivity contribution in [1.29, 1.82) is 0 Å². The van der Waals surface area contributed by atoms with Crippen molar-refractivity contribution in [1.82, 2.24) is 15.1 Å². The summed E-state index contributed by atoms with van der Waals surface area (Å²) in [5, 5.41) is 3.05. The van der Waals surface area contributed by atoms with E-state index in [9.17, 15) is 4.79 Å². The highest BCUT2D eigenvalue weighted by Gasteiger charge is 2.10. The van der Waals surface area contributed by atoms with Crippen LogP contribution < -0.4 is 5.32 Å². The minimum absolute atomic E-state index is 0.0217. The molecule has 0 fully saturated rings. The van der Waals surface area contributed by atoms with E-state index in [1.165, 1.54) is 4.88 Å². The van der Waals surface area contributed by atoms with Gasteiger partial charge in [0.2, 0.25) is 5.91 Å². The number of hydrogen-bond donors (Lipinski definition) is 1. The van der Waals surface area contributed by atoms with Crippen LogP contribution in [0.25, 0.3) is 0 Å². The predicted octanol–water partition coefficient (Wildman–Crippen LogP) is 1.61. The van der Waals surface area contributed by atoms with E-state index in [-0.39, 0.29) is 12.5 Å². The number of halogens is 1. The van der Waals surface area contributed by atoms with E-state index in [1.54, 1.807) is 37.4 Å². The number of thiophene rings is 1. The van der Waals surface area contributed by atoms with Crippen LogP contribution in [-0.2, 0) is 11.3 Å². The Kier molecular flexibility index (Phi) is 6.30. The largest absolute Gasteiger partial charge is 0.347 e. The number of aliphatic imine (C=N–C) groups is 1. The molecule has 0 unspecified atom stereocenters. The lowest BCUT2D eigenvalue weighted by molar-refractivity contribution is -0.127. The van der Waals surface area contributed by atoms with Crippen LogP contribution in [0.2, 0.25) is 0 Å². The minimum atomic E-state index is 0.0217. The Bertz CT molecular complexity index is 458. The molecule has 1 heterocycles. The summed E-state index contributed by atoms with van der Waals surface area (Å²) < 4.78 is 1.11. The Labute approximate surface area is 126 Å². The van der Waals surface area contributed by atoms with Crippen LogP contribution in [0, 0.1) is 0 Å². The number of carbonyl (C=O) groups excluding carboxylic acids is 1. The van der Waals surface area contributed by atoms with Gasteiger partial charge in [-0.05, 0) is 28.1 Å². The quantitative estimate of drug-likeness (QED) is 0.665. The lowest BCUT2D eigenvalue weighted by Gasteiger charge is -2.22. The molecule has 0 aliphatic heterocycles. The van der Waals surface area contributed by atoms with Crippen LogP contribution in [0.4, 0.5) is 0 Å². The van der Waals surface area contributed by atoms with Gasteiger partial charge in [0.15, 0.2) is 5.96 Å². The first-order valence-corrected chi connectivity index (χ1v) is 7.41. The molecule has 5 nitrogen and oxygen atoms in total. The summed E-state index contributed by atoms with van der Waals surface area (Å²) in [5.41, 5.74) is 0. The number of amides is 1. The second-order valence-electron chi connectivity index (χ2n) is 4.25. The molecule has 0 bridgehead atoms.